The first-order chi connectivity index (χ1) is 23.3. The number of hydrogen-bond acceptors (Lipinski definition) is 8. The lowest BCUT2D eigenvalue weighted by Crippen LogP contribution is -2.40. The molecule has 0 unspecified atom stereocenters. The maximum absolute atomic E-state index is 14.4. The van der Waals surface area contributed by atoms with E-state index in [4.69, 9.17) is 35.5 Å². The largest absolute Gasteiger partial charge is 0.496 e. The molecule has 0 fully saturated rings. The summed E-state index contributed by atoms with van der Waals surface area (Å²) in [5, 5.41) is 0.618. The lowest BCUT2D eigenvalue weighted by Gasteiger charge is -2.26. The molecule has 0 saturated carbocycles. The highest BCUT2D eigenvalue weighted by molar-refractivity contribution is 7.07. The maximum Gasteiger partial charge on any atom is 0.338 e. The van der Waals surface area contributed by atoms with Crippen LogP contribution in [0.5, 0.6) is 17.2 Å². The zero-order valence-electron chi connectivity index (χ0n) is 27.6. The zero-order valence-corrected chi connectivity index (χ0v) is 29.2. The molecule has 1 aliphatic rings. The van der Waals surface area contributed by atoms with Gasteiger partial charge < -0.3 is 18.9 Å². The Labute approximate surface area is 289 Å². The van der Waals surface area contributed by atoms with Crippen LogP contribution >= 0.6 is 22.9 Å². The van der Waals surface area contributed by atoms with Crippen molar-refractivity contribution in [2.75, 3.05) is 20.3 Å². The van der Waals surface area contributed by atoms with Gasteiger partial charge in [-0.05, 0) is 62.6 Å². The Morgan fingerprint density at radius 3 is 2.50 bits per heavy atom. The molecule has 10 heteroatoms. The summed E-state index contributed by atoms with van der Waals surface area (Å²) >= 11 is 7.67. The minimum absolute atomic E-state index is 0.193. The summed E-state index contributed by atoms with van der Waals surface area (Å²) in [5.41, 5.74) is 3.79. The highest BCUT2D eigenvalue weighted by Gasteiger charge is 2.35. The van der Waals surface area contributed by atoms with Crippen LogP contribution in [0, 0.1) is 0 Å². The van der Waals surface area contributed by atoms with Crippen molar-refractivity contribution in [1.29, 1.82) is 0 Å². The molecule has 1 aromatic heterocycles. The van der Waals surface area contributed by atoms with Crippen LogP contribution in [0.15, 0.2) is 94.4 Å². The summed E-state index contributed by atoms with van der Waals surface area (Å²) in [4.78, 5) is 33.3. The van der Waals surface area contributed by atoms with Crippen molar-refractivity contribution in [3.63, 3.8) is 0 Å². The van der Waals surface area contributed by atoms with Gasteiger partial charge in [-0.3, -0.25) is 9.36 Å². The van der Waals surface area contributed by atoms with Crippen LogP contribution in [0.1, 0.15) is 61.9 Å². The van der Waals surface area contributed by atoms with Gasteiger partial charge in [-0.2, -0.15) is 0 Å². The molecule has 48 heavy (non-hydrogen) atoms. The van der Waals surface area contributed by atoms with E-state index in [0.717, 1.165) is 23.1 Å². The molecule has 1 aliphatic heterocycles. The van der Waals surface area contributed by atoms with Crippen LogP contribution < -0.4 is 29.1 Å². The number of fused-ring (bicyclic) bond motifs is 1. The number of para-hydroxylation sites is 1. The zero-order chi connectivity index (χ0) is 34.2. The Balaban J connectivity index is 1.68. The average molecular weight is 687 g/mol. The maximum atomic E-state index is 14.4. The normalized spacial score (nSPS) is 14.3. The summed E-state index contributed by atoms with van der Waals surface area (Å²) in [5.74, 6) is 1.19. The summed E-state index contributed by atoms with van der Waals surface area (Å²) < 4.78 is 25.6. The molecule has 2 heterocycles. The molecule has 8 nitrogen and oxygen atoms in total. The van der Waals surface area contributed by atoms with Gasteiger partial charge in [-0.1, -0.05) is 78.8 Å². The molecule has 250 valence electrons. The molecular formula is C38H39ClN2O6S. The monoisotopic (exact) mass is 686 g/mol. The van der Waals surface area contributed by atoms with Gasteiger partial charge in [0, 0.05) is 21.7 Å². The molecule has 5 rings (SSSR count). The fraction of sp³-hybridized carbons (Fsp3) is 0.289. The van der Waals surface area contributed by atoms with Gasteiger partial charge in [0.25, 0.3) is 5.56 Å². The number of hydrogen-bond donors (Lipinski definition) is 0. The van der Waals surface area contributed by atoms with Crippen molar-refractivity contribution in [2.45, 2.75) is 52.7 Å². The number of thiazole rings is 1. The number of esters is 1. The predicted molar refractivity (Wildman–Crippen MR) is 190 cm³/mol. The van der Waals surface area contributed by atoms with Crippen LogP contribution in [0.2, 0.25) is 5.02 Å². The second-order valence-corrected chi connectivity index (χ2v) is 12.4. The molecule has 0 amide bonds. The standard InChI is InChI=1S/C38H39ClN2O6S/c1-6-14-25-20-24(21-31(45-8-3)35(25)47-23-26-16-10-12-18-28(26)39)22-32-36(42)41-34(27-17-11-13-19-30(27)44-5)33(37(43)46-9-4)29(15-7-2)40-38(41)48-32/h6,10-13,16-22,34H,1,7-9,14-15,23H2,2-5H3/b32-22+/t34-/m0/s1. The highest BCUT2D eigenvalue weighted by Crippen LogP contribution is 2.38. The minimum atomic E-state index is -0.781. The van der Waals surface area contributed by atoms with Gasteiger partial charge in [0.2, 0.25) is 0 Å². The van der Waals surface area contributed by atoms with E-state index >= 15 is 0 Å². The number of ether oxygens (including phenoxy) is 4. The van der Waals surface area contributed by atoms with E-state index in [0.29, 0.717) is 67.9 Å². The average Bonchev–Trinajstić information content (AvgIpc) is 3.38. The Morgan fingerprint density at radius 1 is 1.02 bits per heavy atom. The SMILES string of the molecule is C=CCc1cc(/C=c2/sc3n(c2=O)[C@@H](c2ccccc2OC)C(C(=O)OCC)=C(CCC)N=3)cc(OCC)c1OCc1ccccc1Cl. The lowest BCUT2D eigenvalue weighted by molar-refractivity contribution is -0.139. The van der Waals surface area contributed by atoms with Crippen molar-refractivity contribution in [3.8, 4) is 17.2 Å². The van der Waals surface area contributed by atoms with Crippen molar-refractivity contribution >= 4 is 35.0 Å². The van der Waals surface area contributed by atoms with Gasteiger partial charge in [0.1, 0.15) is 18.4 Å². The number of carbonyl (C=O) groups excluding carboxylic acids is 1. The minimum Gasteiger partial charge on any atom is -0.496 e. The lowest BCUT2D eigenvalue weighted by atomic mass is 9.93. The summed E-state index contributed by atoms with van der Waals surface area (Å²) in [6.07, 6.45) is 5.43. The Kier molecular flexibility index (Phi) is 11.6. The number of carbonyl (C=O) groups is 1. The number of aromatic nitrogens is 1. The van der Waals surface area contributed by atoms with E-state index < -0.39 is 12.0 Å². The first-order valence-electron chi connectivity index (χ1n) is 16.0. The van der Waals surface area contributed by atoms with E-state index in [1.54, 1.807) is 24.7 Å². The first-order valence-corrected chi connectivity index (χ1v) is 17.2. The Bertz CT molecular complexity index is 2030. The van der Waals surface area contributed by atoms with Crippen LogP contribution in [0.4, 0.5) is 0 Å². The van der Waals surface area contributed by atoms with Crippen molar-refractivity contribution in [2.24, 2.45) is 4.99 Å². The highest BCUT2D eigenvalue weighted by atomic mass is 35.5. The second kappa shape index (κ2) is 16.0. The van der Waals surface area contributed by atoms with E-state index in [1.807, 2.05) is 80.6 Å². The fourth-order valence-corrected chi connectivity index (χ4v) is 6.93. The third-order valence-corrected chi connectivity index (χ3v) is 9.12. The Morgan fingerprint density at radius 2 is 1.79 bits per heavy atom. The van der Waals surface area contributed by atoms with Crippen molar-refractivity contribution < 1.29 is 23.7 Å². The summed E-state index contributed by atoms with van der Waals surface area (Å²) in [6.45, 7) is 10.5. The van der Waals surface area contributed by atoms with Gasteiger partial charge in [-0.25, -0.2) is 9.79 Å². The van der Waals surface area contributed by atoms with Crippen LogP contribution in [-0.4, -0.2) is 30.9 Å². The van der Waals surface area contributed by atoms with Crippen LogP contribution in [0.25, 0.3) is 6.08 Å². The van der Waals surface area contributed by atoms with Crippen LogP contribution in [0.3, 0.4) is 0 Å². The molecule has 3 aromatic carbocycles. The number of allylic oxidation sites excluding steroid dienone is 2. The molecule has 0 spiro atoms. The summed E-state index contributed by atoms with van der Waals surface area (Å²) in [7, 11) is 1.57. The first kappa shape index (κ1) is 34.7. The third kappa shape index (κ3) is 7.27. The molecule has 0 saturated heterocycles. The predicted octanol–water partition coefficient (Wildman–Crippen LogP) is 6.95. The molecule has 1 atom stereocenters. The quantitative estimate of drug-likeness (QED) is 0.105. The molecule has 4 aromatic rings. The second-order valence-electron chi connectivity index (χ2n) is 11.0. The van der Waals surface area contributed by atoms with Gasteiger partial charge >= 0.3 is 5.97 Å². The molecule has 0 N–H and O–H groups in total. The summed E-state index contributed by atoms with van der Waals surface area (Å²) in [6, 6.07) is 18.0. The number of nitrogens with zero attached hydrogens (tertiary/aromatic N) is 2. The van der Waals surface area contributed by atoms with Gasteiger partial charge in [0.05, 0.1) is 36.1 Å². The number of methoxy groups -OCH3 is 1. The van der Waals surface area contributed by atoms with E-state index in [9.17, 15) is 9.59 Å². The van der Waals surface area contributed by atoms with E-state index in [2.05, 4.69) is 6.58 Å². The Hall–Kier alpha value is -4.60. The number of halogens is 1. The van der Waals surface area contributed by atoms with Gasteiger partial charge in [0.15, 0.2) is 16.3 Å². The fourth-order valence-electron chi connectivity index (χ4n) is 5.72. The van der Waals surface area contributed by atoms with E-state index in [1.165, 1.54) is 11.3 Å². The van der Waals surface area contributed by atoms with Crippen molar-refractivity contribution in [3.05, 3.63) is 132 Å². The third-order valence-electron chi connectivity index (χ3n) is 7.77. The van der Waals surface area contributed by atoms with Gasteiger partial charge in [-0.15, -0.1) is 6.58 Å². The smallest absolute Gasteiger partial charge is 0.338 e. The van der Waals surface area contributed by atoms with Crippen molar-refractivity contribution in [1.82, 2.24) is 4.57 Å². The van der Waals surface area contributed by atoms with E-state index in [-0.39, 0.29) is 18.8 Å². The molecule has 0 aliphatic carbocycles. The molecular weight excluding hydrogens is 648 g/mol. The van der Waals surface area contributed by atoms with Crippen LogP contribution in [-0.2, 0) is 22.6 Å². The number of rotatable bonds is 14. The topological polar surface area (TPSA) is 88.4 Å². The number of benzene rings is 3. The molecule has 0 radical (unpaired) electrons. The molecule has 0 bridgehead atoms.